The van der Waals surface area contributed by atoms with Crippen molar-refractivity contribution in [2.45, 2.75) is 50.2 Å². The van der Waals surface area contributed by atoms with Gasteiger partial charge in [-0.3, -0.25) is 9.69 Å². The number of hydrogen-bond acceptors (Lipinski definition) is 4. The van der Waals surface area contributed by atoms with Crippen LogP contribution in [0.25, 0.3) is 0 Å². The lowest BCUT2D eigenvalue weighted by molar-refractivity contribution is -0.129. The van der Waals surface area contributed by atoms with Crippen molar-refractivity contribution in [2.24, 2.45) is 17.6 Å². The smallest absolute Gasteiger partial charge is 0.242 e. The van der Waals surface area contributed by atoms with Gasteiger partial charge in [-0.1, -0.05) is 36.8 Å². The molecule has 0 spiro atoms. The first-order valence-electron chi connectivity index (χ1n) is 10.7. The number of hydrogen-bond donors (Lipinski definition) is 2. The summed E-state index contributed by atoms with van der Waals surface area (Å²) in [5.74, 6) is 1.30. The molecule has 5 heteroatoms. The number of benzene rings is 1. The van der Waals surface area contributed by atoms with E-state index in [1.807, 2.05) is 18.2 Å². The first-order chi connectivity index (χ1) is 13.1. The van der Waals surface area contributed by atoms with Crippen LogP contribution in [0.1, 0.15) is 43.7 Å². The first kappa shape index (κ1) is 18.9. The van der Waals surface area contributed by atoms with E-state index in [9.17, 15) is 4.79 Å². The van der Waals surface area contributed by atoms with E-state index in [-0.39, 0.29) is 11.9 Å². The van der Waals surface area contributed by atoms with E-state index in [4.69, 9.17) is 5.73 Å². The molecule has 1 heterocycles. The van der Waals surface area contributed by atoms with Gasteiger partial charge in [-0.25, -0.2) is 0 Å². The number of likely N-dealkylation sites (N-methyl/N-ethyl adjacent to an activating group) is 1. The summed E-state index contributed by atoms with van der Waals surface area (Å²) in [6.07, 6.45) is 5.83. The summed E-state index contributed by atoms with van der Waals surface area (Å²) in [5, 5.41) is 3.50. The second kappa shape index (κ2) is 8.29. The van der Waals surface area contributed by atoms with Crippen molar-refractivity contribution in [3.8, 4) is 0 Å². The second-order valence-corrected chi connectivity index (χ2v) is 8.87. The summed E-state index contributed by atoms with van der Waals surface area (Å²) in [7, 11) is 2.15. The second-order valence-electron chi connectivity index (χ2n) is 8.87. The number of rotatable bonds is 4. The largest absolute Gasteiger partial charge is 0.351 e. The number of nitrogens with one attached hydrogen (secondary N) is 1. The predicted octanol–water partition coefficient (Wildman–Crippen LogP) is 2.00. The van der Waals surface area contributed by atoms with Gasteiger partial charge in [-0.15, -0.1) is 0 Å². The van der Waals surface area contributed by atoms with Crippen LogP contribution in [0, 0.1) is 11.8 Å². The fourth-order valence-corrected chi connectivity index (χ4v) is 5.51. The molecule has 0 radical (unpaired) electrons. The molecule has 1 amide bonds. The Bertz CT molecular complexity index is 614. The van der Waals surface area contributed by atoms with Crippen LogP contribution in [-0.4, -0.2) is 61.0 Å². The average Bonchev–Trinajstić information content (AvgIpc) is 2.65. The highest BCUT2D eigenvalue weighted by atomic mass is 16.2. The molecule has 1 aromatic rings. The highest BCUT2D eigenvalue weighted by Crippen LogP contribution is 2.40. The third-order valence-electron chi connectivity index (χ3n) is 6.95. The molecule has 0 aromatic heterocycles. The van der Waals surface area contributed by atoms with Crippen molar-refractivity contribution in [3.05, 3.63) is 35.9 Å². The topological polar surface area (TPSA) is 61.6 Å². The molecule has 3 N–H and O–H groups in total. The van der Waals surface area contributed by atoms with Crippen molar-refractivity contribution in [1.29, 1.82) is 0 Å². The van der Waals surface area contributed by atoms with Crippen LogP contribution >= 0.6 is 0 Å². The van der Waals surface area contributed by atoms with Gasteiger partial charge >= 0.3 is 0 Å². The first-order valence-corrected chi connectivity index (χ1v) is 10.7. The van der Waals surface area contributed by atoms with Gasteiger partial charge in [0.1, 0.15) is 6.04 Å². The fourth-order valence-electron chi connectivity index (χ4n) is 5.51. The molecule has 148 valence electrons. The van der Waals surface area contributed by atoms with Gasteiger partial charge in [-0.2, -0.15) is 0 Å². The molecule has 1 saturated heterocycles. The van der Waals surface area contributed by atoms with Gasteiger partial charge in [0.15, 0.2) is 0 Å². The molecule has 4 rings (SSSR count). The predicted molar refractivity (Wildman–Crippen MR) is 108 cm³/mol. The molecule has 1 aromatic carbocycles. The van der Waals surface area contributed by atoms with Crippen molar-refractivity contribution in [1.82, 2.24) is 15.1 Å². The van der Waals surface area contributed by atoms with Crippen LogP contribution in [0.5, 0.6) is 0 Å². The molecule has 2 saturated carbocycles. The van der Waals surface area contributed by atoms with Gasteiger partial charge in [0.25, 0.3) is 0 Å². The van der Waals surface area contributed by atoms with E-state index in [1.54, 1.807) is 0 Å². The Kier molecular flexibility index (Phi) is 5.81. The van der Waals surface area contributed by atoms with Crippen LogP contribution < -0.4 is 11.1 Å². The van der Waals surface area contributed by atoms with Crippen molar-refractivity contribution in [3.63, 3.8) is 0 Å². The molecule has 3 aliphatic rings. The van der Waals surface area contributed by atoms with Gasteiger partial charge < -0.3 is 16.0 Å². The third-order valence-corrected chi connectivity index (χ3v) is 6.95. The van der Waals surface area contributed by atoms with Crippen LogP contribution in [0.3, 0.4) is 0 Å². The van der Waals surface area contributed by atoms with E-state index in [1.165, 1.54) is 19.3 Å². The lowest BCUT2D eigenvalue weighted by Gasteiger charge is -2.46. The van der Waals surface area contributed by atoms with Crippen molar-refractivity contribution >= 4 is 5.91 Å². The molecule has 5 nitrogen and oxygen atoms in total. The van der Waals surface area contributed by atoms with E-state index in [0.29, 0.717) is 23.9 Å². The number of carbonyl (C=O) groups excluding carboxylic acids is 1. The molecule has 1 aliphatic heterocycles. The Morgan fingerprint density at radius 1 is 1.07 bits per heavy atom. The van der Waals surface area contributed by atoms with Crippen molar-refractivity contribution in [2.75, 3.05) is 33.2 Å². The van der Waals surface area contributed by atoms with Crippen molar-refractivity contribution < 1.29 is 4.79 Å². The van der Waals surface area contributed by atoms with Gasteiger partial charge in [-0.05, 0) is 50.1 Å². The monoisotopic (exact) mass is 370 g/mol. The van der Waals surface area contributed by atoms with Crippen LogP contribution in [0.2, 0.25) is 0 Å². The summed E-state index contributed by atoms with van der Waals surface area (Å²) in [5.41, 5.74) is 7.38. The van der Waals surface area contributed by atoms with E-state index in [0.717, 1.165) is 44.6 Å². The Hall–Kier alpha value is -1.43. The van der Waals surface area contributed by atoms with Gasteiger partial charge in [0.2, 0.25) is 5.91 Å². The summed E-state index contributed by atoms with van der Waals surface area (Å²) >= 11 is 0. The van der Waals surface area contributed by atoms with Gasteiger partial charge in [0, 0.05) is 38.3 Å². The molecule has 3 atom stereocenters. The van der Waals surface area contributed by atoms with Gasteiger partial charge in [0.05, 0.1) is 0 Å². The van der Waals surface area contributed by atoms with E-state index >= 15 is 0 Å². The fraction of sp³-hybridized carbons (Fsp3) is 0.682. The summed E-state index contributed by atoms with van der Waals surface area (Å²) < 4.78 is 0. The normalized spacial score (nSPS) is 33.4. The highest BCUT2D eigenvalue weighted by Gasteiger charge is 2.41. The van der Waals surface area contributed by atoms with Crippen LogP contribution in [0.15, 0.2) is 30.3 Å². The van der Waals surface area contributed by atoms with E-state index < -0.39 is 0 Å². The Morgan fingerprint density at radius 3 is 2.33 bits per heavy atom. The molecule has 2 aliphatic carbocycles. The molecule has 2 bridgehead atoms. The maximum absolute atomic E-state index is 13.5. The quantitative estimate of drug-likeness (QED) is 0.851. The molecule has 3 fully saturated rings. The Labute approximate surface area is 163 Å². The molecule has 27 heavy (non-hydrogen) atoms. The summed E-state index contributed by atoms with van der Waals surface area (Å²) in [6, 6.07) is 10.7. The zero-order valence-electron chi connectivity index (χ0n) is 16.5. The number of nitrogens with zero attached hydrogens (tertiary/aromatic N) is 2. The Morgan fingerprint density at radius 2 is 1.70 bits per heavy atom. The van der Waals surface area contributed by atoms with E-state index in [2.05, 4.69) is 34.3 Å². The zero-order chi connectivity index (χ0) is 18.8. The number of nitrogens with two attached hydrogens (primary N) is 1. The standard InChI is InChI=1S/C22H34N4O/c1-25-10-12-26(13-11-25)21(16-6-3-2-4-7-16)22(27)24-20-17-8-5-9-18(20)15-19(23)14-17/h2-4,6-7,17-21H,5,8-15,23H2,1H3,(H,24,27). The minimum absolute atomic E-state index is 0.183. The maximum atomic E-state index is 13.5. The maximum Gasteiger partial charge on any atom is 0.242 e. The molecule has 3 unspecified atom stereocenters. The number of carbonyl (C=O) groups is 1. The summed E-state index contributed by atoms with van der Waals surface area (Å²) in [6.45, 7) is 3.90. The average molecular weight is 371 g/mol. The Balaban J connectivity index is 1.52. The zero-order valence-corrected chi connectivity index (χ0v) is 16.5. The lowest BCUT2D eigenvalue weighted by atomic mass is 9.67. The minimum atomic E-state index is -0.184. The number of fused-ring (bicyclic) bond motifs is 2. The number of piperazine rings is 1. The van der Waals surface area contributed by atoms with Crippen LogP contribution in [-0.2, 0) is 4.79 Å². The SMILES string of the molecule is CN1CCN(C(C(=O)NC2C3CCCC2CC(N)C3)c2ccccc2)CC1. The summed E-state index contributed by atoms with van der Waals surface area (Å²) in [4.78, 5) is 18.2. The molecular formula is C22H34N4O. The highest BCUT2D eigenvalue weighted by molar-refractivity contribution is 5.83. The lowest BCUT2D eigenvalue weighted by Crippen LogP contribution is -2.57. The van der Waals surface area contributed by atoms with Crippen LogP contribution in [0.4, 0.5) is 0 Å². The number of amides is 1. The third kappa shape index (κ3) is 4.20. The minimum Gasteiger partial charge on any atom is -0.351 e. The molecular weight excluding hydrogens is 336 g/mol.